The number of hydrogen-bond donors (Lipinski definition) is 1. The molecule has 0 saturated carbocycles. The van der Waals surface area contributed by atoms with Crippen LogP contribution < -0.4 is 5.73 Å². The van der Waals surface area contributed by atoms with Gasteiger partial charge in [-0.05, 0) is 31.8 Å². The van der Waals surface area contributed by atoms with Crippen LogP contribution in [0.1, 0.15) is 24.8 Å². The van der Waals surface area contributed by atoms with E-state index in [2.05, 4.69) is 17.0 Å². The van der Waals surface area contributed by atoms with Crippen molar-refractivity contribution in [3.8, 4) is 0 Å². The highest BCUT2D eigenvalue weighted by Crippen LogP contribution is 2.29. The van der Waals surface area contributed by atoms with Crippen LogP contribution in [0.3, 0.4) is 0 Å². The van der Waals surface area contributed by atoms with Crippen molar-refractivity contribution >= 4 is 0 Å². The molecule has 2 heterocycles. The van der Waals surface area contributed by atoms with Crippen molar-refractivity contribution in [3.63, 3.8) is 0 Å². The van der Waals surface area contributed by atoms with Gasteiger partial charge in [0.1, 0.15) is 5.76 Å². The highest BCUT2D eigenvalue weighted by molar-refractivity contribution is 5.04. The highest BCUT2D eigenvalue weighted by atomic mass is 16.5. The molecule has 1 fully saturated rings. The second-order valence-electron chi connectivity index (χ2n) is 4.90. The summed E-state index contributed by atoms with van der Waals surface area (Å²) in [5.74, 6) is 0.880. The van der Waals surface area contributed by atoms with Crippen LogP contribution in [0.15, 0.2) is 10.6 Å². The van der Waals surface area contributed by atoms with Crippen LogP contribution in [0.25, 0.3) is 0 Å². The lowest BCUT2D eigenvalue weighted by Crippen LogP contribution is -2.31. The maximum absolute atomic E-state index is 5.77. The Morgan fingerprint density at radius 2 is 2.47 bits per heavy atom. The molecule has 0 aromatic carbocycles. The molecule has 1 unspecified atom stereocenters. The largest absolute Gasteiger partial charge is 0.361 e. The zero-order valence-corrected chi connectivity index (χ0v) is 9.49. The molecular formula is C11H19N3O. The standard InChI is InChI=1S/C11H19N3O/c1-9-5-10(13-15-9)6-14-4-3-11(2,7-12)8-14/h5H,3-4,6-8,12H2,1-2H3. The molecular weight excluding hydrogens is 190 g/mol. The van der Waals surface area contributed by atoms with E-state index in [-0.39, 0.29) is 0 Å². The van der Waals surface area contributed by atoms with Crippen LogP contribution in [0.2, 0.25) is 0 Å². The Bertz CT molecular complexity index is 336. The average molecular weight is 209 g/mol. The van der Waals surface area contributed by atoms with Gasteiger partial charge in [-0.2, -0.15) is 0 Å². The Morgan fingerprint density at radius 1 is 1.67 bits per heavy atom. The average Bonchev–Trinajstić information content (AvgIpc) is 2.76. The summed E-state index contributed by atoms with van der Waals surface area (Å²) < 4.78 is 5.05. The van der Waals surface area contributed by atoms with Crippen LogP contribution in [-0.4, -0.2) is 29.7 Å². The topological polar surface area (TPSA) is 55.3 Å². The van der Waals surface area contributed by atoms with E-state index in [1.165, 1.54) is 6.42 Å². The molecule has 1 aromatic rings. The maximum atomic E-state index is 5.77. The van der Waals surface area contributed by atoms with Crippen LogP contribution in [0, 0.1) is 12.3 Å². The van der Waals surface area contributed by atoms with Crippen molar-refractivity contribution in [2.45, 2.75) is 26.8 Å². The Balaban J connectivity index is 1.92. The summed E-state index contributed by atoms with van der Waals surface area (Å²) in [4.78, 5) is 2.39. The molecule has 2 N–H and O–H groups in total. The number of hydrogen-bond acceptors (Lipinski definition) is 4. The van der Waals surface area contributed by atoms with Gasteiger partial charge in [-0.3, -0.25) is 4.90 Å². The summed E-state index contributed by atoms with van der Waals surface area (Å²) in [7, 11) is 0. The number of aromatic nitrogens is 1. The molecule has 0 spiro atoms. The van der Waals surface area contributed by atoms with Crippen LogP contribution in [0.4, 0.5) is 0 Å². The lowest BCUT2D eigenvalue weighted by atomic mass is 9.90. The Kier molecular flexibility index (Phi) is 2.80. The minimum absolute atomic E-state index is 0.290. The van der Waals surface area contributed by atoms with Crippen molar-refractivity contribution in [1.82, 2.24) is 10.1 Å². The van der Waals surface area contributed by atoms with E-state index in [1.807, 2.05) is 13.0 Å². The predicted octanol–water partition coefficient (Wildman–Crippen LogP) is 1.15. The number of nitrogens with two attached hydrogens (primary N) is 1. The molecule has 1 atom stereocenters. The predicted molar refractivity (Wildman–Crippen MR) is 58.3 cm³/mol. The van der Waals surface area contributed by atoms with Gasteiger partial charge in [0.15, 0.2) is 0 Å². The Morgan fingerprint density at radius 3 is 3.00 bits per heavy atom. The zero-order valence-electron chi connectivity index (χ0n) is 9.49. The monoisotopic (exact) mass is 209 g/mol. The molecule has 0 aliphatic carbocycles. The SMILES string of the molecule is Cc1cc(CN2CCC(C)(CN)C2)no1. The Labute approximate surface area is 90.4 Å². The molecule has 1 aliphatic heterocycles. The molecule has 4 nitrogen and oxygen atoms in total. The fourth-order valence-corrected chi connectivity index (χ4v) is 2.15. The minimum Gasteiger partial charge on any atom is -0.361 e. The molecule has 1 aliphatic rings. The number of aryl methyl sites for hydroxylation is 1. The molecule has 1 aromatic heterocycles. The molecule has 4 heteroatoms. The van der Waals surface area contributed by atoms with Gasteiger partial charge in [0, 0.05) is 19.2 Å². The van der Waals surface area contributed by atoms with Crippen LogP contribution in [0.5, 0.6) is 0 Å². The van der Waals surface area contributed by atoms with Gasteiger partial charge in [-0.1, -0.05) is 12.1 Å². The fraction of sp³-hybridized carbons (Fsp3) is 0.727. The molecule has 0 amide bonds. The van der Waals surface area contributed by atoms with Gasteiger partial charge >= 0.3 is 0 Å². The molecule has 2 rings (SSSR count). The number of likely N-dealkylation sites (tertiary alicyclic amines) is 1. The van der Waals surface area contributed by atoms with E-state index in [0.717, 1.165) is 37.6 Å². The number of rotatable bonds is 3. The van der Waals surface area contributed by atoms with Crippen molar-refractivity contribution in [2.24, 2.45) is 11.1 Å². The fourth-order valence-electron chi connectivity index (χ4n) is 2.15. The van der Waals surface area contributed by atoms with Gasteiger partial charge in [0.05, 0.1) is 5.69 Å². The first-order valence-corrected chi connectivity index (χ1v) is 5.46. The van der Waals surface area contributed by atoms with E-state index in [9.17, 15) is 0 Å². The van der Waals surface area contributed by atoms with E-state index in [4.69, 9.17) is 10.3 Å². The summed E-state index contributed by atoms with van der Waals surface area (Å²) in [5, 5.41) is 4.00. The van der Waals surface area contributed by atoms with E-state index in [1.54, 1.807) is 0 Å². The second kappa shape index (κ2) is 3.94. The molecule has 84 valence electrons. The van der Waals surface area contributed by atoms with Crippen molar-refractivity contribution in [2.75, 3.05) is 19.6 Å². The van der Waals surface area contributed by atoms with Gasteiger partial charge < -0.3 is 10.3 Å². The lowest BCUT2D eigenvalue weighted by molar-refractivity contribution is 0.266. The molecule has 0 bridgehead atoms. The summed E-state index contributed by atoms with van der Waals surface area (Å²) >= 11 is 0. The van der Waals surface area contributed by atoms with Crippen molar-refractivity contribution in [3.05, 3.63) is 17.5 Å². The zero-order chi connectivity index (χ0) is 10.9. The van der Waals surface area contributed by atoms with Crippen molar-refractivity contribution in [1.29, 1.82) is 0 Å². The summed E-state index contributed by atoms with van der Waals surface area (Å²) in [6.07, 6.45) is 1.18. The normalized spacial score (nSPS) is 27.4. The quantitative estimate of drug-likeness (QED) is 0.811. The van der Waals surface area contributed by atoms with Crippen LogP contribution in [-0.2, 0) is 6.54 Å². The van der Waals surface area contributed by atoms with Crippen molar-refractivity contribution < 1.29 is 4.52 Å². The first kappa shape index (κ1) is 10.6. The van der Waals surface area contributed by atoms with Gasteiger partial charge in [0.25, 0.3) is 0 Å². The first-order chi connectivity index (χ1) is 7.11. The molecule has 1 saturated heterocycles. The van der Waals surface area contributed by atoms with E-state index in [0.29, 0.717) is 5.41 Å². The summed E-state index contributed by atoms with van der Waals surface area (Å²) in [6.45, 7) is 7.99. The second-order valence-corrected chi connectivity index (χ2v) is 4.90. The van der Waals surface area contributed by atoms with E-state index < -0.39 is 0 Å². The lowest BCUT2D eigenvalue weighted by Gasteiger charge is -2.21. The first-order valence-electron chi connectivity index (χ1n) is 5.46. The molecule has 15 heavy (non-hydrogen) atoms. The minimum atomic E-state index is 0.290. The third kappa shape index (κ3) is 2.38. The smallest absolute Gasteiger partial charge is 0.133 e. The van der Waals surface area contributed by atoms with Crippen LogP contribution >= 0.6 is 0 Å². The maximum Gasteiger partial charge on any atom is 0.133 e. The Hall–Kier alpha value is -0.870. The summed E-state index contributed by atoms with van der Waals surface area (Å²) in [5.41, 5.74) is 7.08. The third-order valence-electron chi connectivity index (χ3n) is 3.19. The molecule has 0 radical (unpaired) electrons. The highest BCUT2D eigenvalue weighted by Gasteiger charge is 2.32. The van der Waals surface area contributed by atoms with Gasteiger partial charge in [-0.15, -0.1) is 0 Å². The summed E-state index contributed by atoms with van der Waals surface area (Å²) in [6, 6.07) is 2.00. The number of nitrogens with zero attached hydrogens (tertiary/aromatic N) is 2. The van der Waals surface area contributed by atoms with Gasteiger partial charge in [0.2, 0.25) is 0 Å². The third-order valence-corrected chi connectivity index (χ3v) is 3.19. The van der Waals surface area contributed by atoms with Gasteiger partial charge in [-0.25, -0.2) is 0 Å². The van der Waals surface area contributed by atoms with E-state index >= 15 is 0 Å².